The quantitative estimate of drug-likeness (QED) is 0.861. The van der Waals surface area contributed by atoms with Crippen molar-refractivity contribution in [2.24, 2.45) is 0 Å². The maximum atomic E-state index is 11.9. The van der Waals surface area contributed by atoms with E-state index in [0.29, 0.717) is 18.9 Å². The number of carbonyl (C=O) groups excluding carboxylic acids is 1. The molecule has 22 heavy (non-hydrogen) atoms. The van der Waals surface area contributed by atoms with Crippen molar-refractivity contribution in [3.8, 4) is 0 Å². The fourth-order valence-corrected chi connectivity index (χ4v) is 3.12. The van der Waals surface area contributed by atoms with Crippen molar-refractivity contribution in [1.82, 2.24) is 10.3 Å². The number of thioether (sulfide) groups is 1. The molecule has 0 bridgehead atoms. The first kappa shape index (κ1) is 15.1. The van der Waals surface area contributed by atoms with E-state index in [9.17, 15) is 4.79 Å². The topological polar surface area (TPSA) is 51.2 Å². The third kappa shape index (κ3) is 4.08. The second-order valence-electron chi connectivity index (χ2n) is 5.18. The Hall–Kier alpha value is -1.85. The zero-order valence-electron chi connectivity index (χ0n) is 12.2. The van der Waals surface area contributed by atoms with Gasteiger partial charge in [-0.3, -0.25) is 9.78 Å². The summed E-state index contributed by atoms with van der Waals surface area (Å²) in [4.78, 5) is 16.9. The van der Waals surface area contributed by atoms with Crippen molar-refractivity contribution in [2.45, 2.75) is 24.0 Å². The molecule has 3 rings (SSSR count). The fraction of sp³-hybridized carbons (Fsp3) is 0.294. The number of hydrogen-bond donors (Lipinski definition) is 1. The fourth-order valence-electron chi connectivity index (χ4n) is 2.40. The molecule has 0 radical (unpaired) electrons. The lowest BCUT2D eigenvalue weighted by molar-refractivity contribution is -0.119. The predicted molar refractivity (Wildman–Crippen MR) is 86.7 cm³/mol. The number of ether oxygens (including phenoxy) is 1. The third-order valence-electron chi connectivity index (χ3n) is 3.59. The van der Waals surface area contributed by atoms with E-state index in [1.807, 2.05) is 24.3 Å². The van der Waals surface area contributed by atoms with Crippen molar-refractivity contribution in [2.75, 3.05) is 12.3 Å². The largest absolute Gasteiger partial charge is 0.371 e. The van der Waals surface area contributed by atoms with Gasteiger partial charge in [-0.15, -0.1) is 11.8 Å². The van der Waals surface area contributed by atoms with E-state index in [-0.39, 0.29) is 12.0 Å². The molecule has 1 aromatic heterocycles. The van der Waals surface area contributed by atoms with Crippen molar-refractivity contribution >= 4 is 17.7 Å². The molecule has 2 aromatic rings. The van der Waals surface area contributed by atoms with Crippen LogP contribution in [0.25, 0.3) is 0 Å². The minimum atomic E-state index is 0.0317. The van der Waals surface area contributed by atoms with Gasteiger partial charge in [0.25, 0.3) is 0 Å². The summed E-state index contributed by atoms with van der Waals surface area (Å²) in [6, 6.07) is 12.1. The lowest BCUT2D eigenvalue weighted by Gasteiger charge is -2.25. The van der Waals surface area contributed by atoms with Gasteiger partial charge in [0.1, 0.15) is 0 Å². The summed E-state index contributed by atoms with van der Waals surface area (Å²) in [6.07, 6.45) is 4.37. The van der Waals surface area contributed by atoms with Crippen LogP contribution in [-0.4, -0.2) is 29.3 Å². The molecule has 1 unspecified atom stereocenters. The number of aromatic nitrogens is 1. The molecule has 1 aromatic carbocycles. The zero-order chi connectivity index (χ0) is 15.2. The first-order chi connectivity index (χ1) is 10.8. The van der Waals surface area contributed by atoms with Crippen LogP contribution in [-0.2, 0) is 22.6 Å². The molecular weight excluding hydrogens is 296 g/mol. The van der Waals surface area contributed by atoms with Crippen LogP contribution in [0.2, 0.25) is 0 Å². The van der Waals surface area contributed by atoms with Gasteiger partial charge in [0.05, 0.1) is 18.5 Å². The Morgan fingerprint density at radius 1 is 1.23 bits per heavy atom. The predicted octanol–water partition coefficient (Wildman–Crippen LogP) is 2.43. The summed E-state index contributed by atoms with van der Waals surface area (Å²) in [5, 5.41) is 2.95. The van der Waals surface area contributed by atoms with Gasteiger partial charge in [0.15, 0.2) is 0 Å². The van der Waals surface area contributed by atoms with E-state index in [1.54, 1.807) is 12.4 Å². The number of fused-ring (bicyclic) bond motifs is 1. The number of pyridine rings is 1. The Labute approximate surface area is 134 Å². The van der Waals surface area contributed by atoms with Gasteiger partial charge in [0.2, 0.25) is 5.91 Å². The lowest BCUT2D eigenvalue weighted by atomic mass is 9.99. The number of nitrogens with one attached hydrogen (secondary N) is 1. The lowest BCUT2D eigenvalue weighted by Crippen LogP contribution is -2.37. The highest BCUT2D eigenvalue weighted by molar-refractivity contribution is 8.00. The Balaban J connectivity index is 1.42. The van der Waals surface area contributed by atoms with E-state index >= 15 is 0 Å². The summed E-state index contributed by atoms with van der Waals surface area (Å²) in [7, 11) is 0. The van der Waals surface area contributed by atoms with Crippen LogP contribution in [0.5, 0.6) is 0 Å². The zero-order valence-corrected chi connectivity index (χ0v) is 13.0. The van der Waals surface area contributed by atoms with Crippen LogP contribution in [0.3, 0.4) is 0 Å². The molecule has 4 nitrogen and oxygen atoms in total. The molecule has 1 atom stereocenters. The average molecular weight is 314 g/mol. The number of benzene rings is 1. The minimum Gasteiger partial charge on any atom is -0.371 e. The SMILES string of the molecule is O=C(CSc1ccncc1)NCC1Cc2ccccc2CO1. The normalized spacial score (nSPS) is 16.8. The number of hydrogen-bond acceptors (Lipinski definition) is 4. The Morgan fingerprint density at radius 2 is 2.00 bits per heavy atom. The Kier molecular flexibility index (Phi) is 5.08. The number of nitrogens with zero attached hydrogens (tertiary/aromatic N) is 1. The number of amides is 1. The molecule has 1 aliphatic rings. The molecule has 5 heteroatoms. The van der Waals surface area contributed by atoms with Gasteiger partial charge in [-0.05, 0) is 23.3 Å². The van der Waals surface area contributed by atoms with E-state index in [4.69, 9.17) is 4.74 Å². The van der Waals surface area contributed by atoms with Crippen LogP contribution in [0.4, 0.5) is 0 Å². The van der Waals surface area contributed by atoms with Gasteiger partial charge in [-0.2, -0.15) is 0 Å². The second kappa shape index (κ2) is 7.42. The highest BCUT2D eigenvalue weighted by Gasteiger charge is 2.19. The summed E-state index contributed by atoms with van der Waals surface area (Å²) in [5.74, 6) is 0.442. The molecule has 2 heterocycles. The molecule has 0 fully saturated rings. The van der Waals surface area contributed by atoms with Crippen LogP contribution in [0.1, 0.15) is 11.1 Å². The van der Waals surface area contributed by atoms with Crippen LogP contribution in [0, 0.1) is 0 Å². The van der Waals surface area contributed by atoms with E-state index in [2.05, 4.69) is 22.4 Å². The number of carbonyl (C=O) groups is 1. The standard InChI is InChI=1S/C17H18N2O2S/c20-17(12-22-16-5-7-18-8-6-16)19-10-15-9-13-3-1-2-4-14(13)11-21-15/h1-8,15H,9-12H2,(H,19,20). The minimum absolute atomic E-state index is 0.0317. The average Bonchev–Trinajstić information content (AvgIpc) is 2.59. The Morgan fingerprint density at radius 3 is 2.82 bits per heavy atom. The third-order valence-corrected chi connectivity index (χ3v) is 4.60. The highest BCUT2D eigenvalue weighted by atomic mass is 32.2. The smallest absolute Gasteiger partial charge is 0.230 e. The summed E-state index contributed by atoms with van der Waals surface area (Å²) in [5.41, 5.74) is 2.57. The Bertz CT molecular complexity index is 634. The van der Waals surface area contributed by atoms with Gasteiger partial charge in [0, 0.05) is 30.3 Å². The van der Waals surface area contributed by atoms with E-state index in [1.165, 1.54) is 22.9 Å². The van der Waals surface area contributed by atoms with Gasteiger partial charge in [-0.1, -0.05) is 24.3 Å². The summed E-state index contributed by atoms with van der Waals surface area (Å²) >= 11 is 1.51. The number of rotatable bonds is 5. The van der Waals surface area contributed by atoms with Crippen LogP contribution < -0.4 is 5.32 Å². The van der Waals surface area contributed by atoms with Crippen LogP contribution >= 0.6 is 11.8 Å². The molecule has 0 aliphatic carbocycles. The molecule has 0 saturated carbocycles. The van der Waals surface area contributed by atoms with Crippen molar-refractivity contribution in [3.05, 3.63) is 59.9 Å². The molecule has 1 amide bonds. The van der Waals surface area contributed by atoms with Crippen LogP contribution in [0.15, 0.2) is 53.7 Å². The second-order valence-corrected chi connectivity index (χ2v) is 6.23. The molecule has 1 aliphatic heterocycles. The molecule has 0 saturated heterocycles. The van der Waals surface area contributed by atoms with Gasteiger partial charge in [-0.25, -0.2) is 0 Å². The molecular formula is C17H18N2O2S. The first-order valence-corrected chi connectivity index (χ1v) is 8.28. The van der Waals surface area contributed by atoms with Crippen molar-refractivity contribution < 1.29 is 9.53 Å². The maximum Gasteiger partial charge on any atom is 0.230 e. The van der Waals surface area contributed by atoms with E-state index in [0.717, 1.165) is 11.3 Å². The first-order valence-electron chi connectivity index (χ1n) is 7.29. The molecule has 114 valence electrons. The maximum absolute atomic E-state index is 11.9. The van der Waals surface area contributed by atoms with E-state index < -0.39 is 0 Å². The highest BCUT2D eigenvalue weighted by Crippen LogP contribution is 2.20. The van der Waals surface area contributed by atoms with Crippen molar-refractivity contribution in [3.63, 3.8) is 0 Å². The monoisotopic (exact) mass is 314 g/mol. The van der Waals surface area contributed by atoms with Crippen molar-refractivity contribution in [1.29, 1.82) is 0 Å². The van der Waals surface area contributed by atoms with Gasteiger partial charge < -0.3 is 10.1 Å². The van der Waals surface area contributed by atoms with Gasteiger partial charge >= 0.3 is 0 Å². The molecule has 1 N–H and O–H groups in total. The summed E-state index contributed by atoms with van der Waals surface area (Å²) in [6.45, 7) is 1.19. The summed E-state index contributed by atoms with van der Waals surface area (Å²) < 4.78 is 5.79. The molecule has 0 spiro atoms.